The molecule has 2 atom stereocenters. The molecule has 0 unspecified atom stereocenters. The third-order valence-electron chi connectivity index (χ3n) is 5.49. The number of fused-ring (bicyclic) bond motifs is 1. The second-order valence-electron chi connectivity index (χ2n) is 7.66. The maximum Gasteiger partial charge on any atom is 0.319 e. The van der Waals surface area contributed by atoms with Gasteiger partial charge in [0, 0.05) is 39.2 Å². The van der Waals surface area contributed by atoms with Gasteiger partial charge in [-0.25, -0.2) is 9.18 Å². The Morgan fingerprint density at radius 2 is 1.93 bits per heavy atom. The summed E-state index contributed by atoms with van der Waals surface area (Å²) in [6, 6.07) is 12.1. The molecule has 7 heteroatoms. The Hall–Kier alpha value is -2.96. The van der Waals surface area contributed by atoms with Crippen LogP contribution in [0.5, 0.6) is 17.2 Å². The first-order valence-corrected chi connectivity index (χ1v) is 9.75. The average Bonchev–Trinajstić information content (AvgIpc) is 3.20. The van der Waals surface area contributed by atoms with Crippen molar-refractivity contribution in [1.82, 2.24) is 9.80 Å². The van der Waals surface area contributed by atoms with Crippen molar-refractivity contribution < 1.29 is 23.4 Å². The zero-order valence-corrected chi connectivity index (χ0v) is 16.6. The third kappa shape index (κ3) is 4.23. The number of nitrogens with zero attached hydrogens (tertiary/aromatic N) is 2. The van der Waals surface area contributed by atoms with Crippen molar-refractivity contribution in [2.45, 2.75) is 12.3 Å². The molecule has 0 saturated carbocycles. The number of carbonyl (C=O) groups excluding carboxylic acids is 1. The lowest BCUT2D eigenvalue weighted by Gasteiger charge is -2.39. The van der Waals surface area contributed by atoms with Crippen LogP contribution in [-0.2, 0) is 0 Å². The summed E-state index contributed by atoms with van der Waals surface area (Å²) in [4.78, 5) is 15.9. The monoisotopic (exact) mass is 400 g/mol. The highest BCUT2D eigenvalue weighted by atomic mass is 19.1. The zero-order valence-electron chi connectivity index (χ0n) is 16.6. The van der Waals surface area contributed by atoms with Crippen LogP contribution in [0, 0.1) is 11.7 Å². The quantitative estimate of drug-likeness (QED) is 0.785. The molecule has 2 aliphatic heterocycles. The smallest absolute Gasteiger partial charge is 0.319 e. The summed E-state index contributed by atoms with van der Waals surface area (Å²) >= 11 is 0. The van der Waals surface area contributed by atoms with Gasteiger partial charge in [-0.15, -0.1) is 0 Å². The number of hydrogen-bond acceptors (Lipinski definition) is 4. The molecule has 0 spiro atoms. The van der Waals surface area contributed by atoms with Gasteiger partial charge in [-0.3, -0.25) is 0 Å². The van der Waals surface area contributed by atoms with Crippen molar-refractivity contribution in [3.63, 3.8) is 0 Å². The predicted molar refractivity (Wildman–Crippen MR) is 106 cm³/mol. The molecule has 0 radical (unpaired) electrons. The van der Waals surface area contributed by atoms with Crippen LogP contribution >= 0.6 is 0 Å². The SMILES string of the molecule is CN(C)C(=O)N1CC[C@@H](c2ccc(F)cc2)[C@H](COc2ccc3c(c2)OCO3)C1. The van der Waals surface area contributed by atoms with E-state index in [4.69, 9.17) is 14.2 Å². The molecule has 2 amide bonds. The zero-order chi connectivity index (χ0) is 20.4. The van der Waals surface area contributed by atoms with E-state index in [1.165, 1.54) is 12.1 Å². The number of rotatable bonds is 4. The first kappa shape index (κ1) is 19.4. The van der Waals surface area contributed by atoms with Gasteiger partial charge in [0.15, 0.2) is 11.5 Å². The van der Waals surface area contributed by atoms with E-state index in [2.05, 4.69) is 0 Å². The normalized spacial score (nSPS) is 20.4. The van der Waals surface area contributed by atoms with Crippen LogP contribution in [0.2, 0.25) is 0 Å². The Morgan fingerprint density at radius 1 is 1.17 bits per heavy atom. The van der Waals surface area contributed by atoms with Crippen molar-refractivity contribution >= 4 is 6.03 Å². The molecule has 0 aromatic heterocycles. The largest absolute Gasteiger partial charge is 0.493 e. The predicted octanol–water partition coefficient (Wildman–Crippen LogP) is 3.72. The van der Waals surface area contributed by atoms with E-state index in [1.54, 1.807) is 19.0 Å². The summed E-state index contributed by atoms with van der Waals surface area (Å²) in [5.74, 6) is 2.11. The molecule has 6 nitrogen and oxygen atoms in total. The number of hydrogen-bond donors (Lipinski definition) is 0. The summed E-state index contributed by atoms with van der Waals surface area (Å²) in [5.41, 5.74) is 1.07. The van der Waals surface area contributed by atoms with Gasteiger partial charge in [0.2, 0.25) is 6.79 Å². The fraction of sp³-hybridized carbons (Fsp3) is 0.409. The van der Waals surface area contributed by atoms with E-state index in [0.29, 0.717) is 36.9 Å². The molecule has 4 rings (SSSR count). The summed E-state index contributed by atoms with van der Waals surface area (Å²) in [5, 5.41) is 0. The number of benzene rings is 2. The fourth-order valence-corrected chi connectivity index (χ4v) is 3.98. The highest BCUT2D eigenvalue weighted by Gasteiger charge is 2.33. The molecule has 0 N–H and O–H groups in total. The number of ether oxygens (including phenoxy) is 3. The minimum atomic E-state index is -0.248. The molecule has 29 heavy (non-hydrogen) atoms. The number of carbonyl (C=O) groups is 1. The van der Waals surface area contributed by atoms with Crippen molar-refractivity contribution in [2.24, 2.45) is 5.92 Å². The topological polar surface area (TPSA) is 51.2 Å². The maximum atomic E-state index is 13.4. The molecule has 2 aromatic rings. The molecule has 0 bridgehead atoms. The standard InChI is InChI=1S/C22H25FN2O4/c1-24(2)22(26)25-10-9-19(15-3-5-17(23)6-4-15)16(12-25)13-27-18-7-8-20-21(11-18)29-14-28-20/h3-8,11,16,19H,9-10,12-14H2,1-2H3/t16-,19-/m0/s1. The van der Waals surface area contributed by atoms with Crippen molar-refractivity contribution in [3.8, 4) is 17.2 Å². The minimum Gasteiger partial charge on any atom is -0.493 e. The second-order valence-corrected chi connectivity index (χ2v) is 7.66. The summed E-state index contributed by atoms with van der Waals surface area (Å²) in [7, 11) is 3.51. The molecule has 0 aliphatic carbocycles. The Kier molecular flexibility index (Phi) is 5.47. The Morgan fingerprint density at radius 3 is 2.69 bits per heavy atom. The number of urea groups is 1. The highest BCUT2D eigenvalue weighted by Crippen LogP contribution is 2.37. The van der Waals surface area contributed by atoms with Crippen LogP contribution < -0.4 is 14.2 Å². The van der Waals surface area contributed by atoms with E-state index in [1.807, 2.05) is 35.2 Å². The van der Waals surface area contributed by atoms with Gasteiger partial charge in [-0.2, -0.15) is 0 Å². The van der Waals surface area contributed by atoms with Gasteiger partial charge in [0.25, 0.3) is 0 Å². The van der Waals surface area contributed by atoms with E-state index in [0.717, 1.165) is 12.0 Å². The van der Waals surface area contributed by atoms with Gasteiger partial charge >= 0.3 is 6.03 Å². The van der Waals surface area contributed by atoms with Crippen LogP contribution in [0.4, 0.5) is 9.18 Å². The van der Waals surface area contributed by atoms with Crippen LogP contribution in [0.15, 0.2) is 42.5 Å². The summed E-state index contributed by atoms with van der Waals surface area (Å²) in [6.07, 6.45) is 0.806. The van der Waals surface area contributed by atoms with Crippen LogP contribution in [0.3, 0.4) is 0 Å². The van der Waals surface area contributed by atoms with E-state index in [-0.39, 0.29) is 30.5 Å². The molecule has 2 aliphatic rings. The highest BCUT2D eigenvalue weighted by molar-refractivity contribution is 5.74. The van der Waals surface area contributed by atoms with Gasteiger partial charge in [-0.05, 0) is 42.2 Å². The number of amides is 2. The molecule has 2 aromatic carbocycles. The molecule has 2 heterocycles. The number of likely N-dealkylation sites (tertiary alicyclic amines) is 1. The molecular weight excluding hydrogens is 375 g/mol. The maximum absolute atomic E-state index is 13.4. The molecule has 154 valence electrons. The van der Waals surface area contributed by atoms with Gasteiger partial charge < -0.3 is 24.0 Å². The van der Waals surface area contributed by atoms with E-state index < -0.39 is 0 Å². The van der Waals surface area contributed by atoms with Gasteiger partial charge in [0.05, 0.1) is 6.61 Å². The van der Waals surface area contributed by atoms with Crippen molar-refractivity contribution in [1.29, 1.82) is 0 Å². The number of halogens is 1. The third-order valence-corrected chi connectivity index (χ3v) is 5.49. The first-order chi connectivity index (χ1) is 14.0. The van der Waals surface area contributed by atoms with Crippen molar-refractivity contribution in [3.05, 3.63) is 53.8 Å². The van der Waals surface area contributed by atoms with E-state index >= 15 is 0 Å². The van der Waals surface area contributed by atoms with Crippen LogP contribution in [0.25, 0.3) is 0 Å². The summed E-state index contributed by atoms with van der Waals surface area (Å²) < 4.78 is 30.2. The molecule has 1 saturated heterocycles. The molecule has 1 fully saturated rings. The lowest BCUT2D eigenvalue weighted by molar-refractivity contribution is 0.109. The van der Waals surface area contributed by atoms with E-state index in [9.17, 15) is 9.18 Å². The fourth-order valence-electron chi connectivity index (χ4n) is 3.98. The first-order valence-electron chi connectivity index (χ1n) is 9.75. The Bertz CT molecular complexity index is 872. The minimum absolute atomic E-state index is 0.00404. The van der Waals surface area contributed by atoms with Crippen LogP contribution in [-0.4, -0.2) is 56.4 Å². The second kappa shape index (κ2) is 8.19. The lowest BCUT2D eigenvalue weighted by atomic mass is 9.81. The van der Waals surface area contributed by atoms with Gasteiger partial charge in [0.1, 0.15) is 11.6 Å². The Labute approximate surface area is 169 Å². The average molecular weight is 400 g/mol. The lowest BCUT2D eigenvalue weighted by Crippen LogP contribution is -2.48. The van der Waals surface area contributed by atoms with Crippen LogP contribution in [0.1, 0.15) is 17.9 Å². The summed E-state index contributed by atoms with van der Waals surface area (Å²) in [6.45, 7) is 1.91. The number of piperidine rings is 1. The molecular formula is C22H25FN2O4. The van der Waals surface area contributed by atoms with Crippen molar-refractivity contribution in [2.75, 3.05) is 40.6 Å². The Balaban J connectivity index is 1.50. The van der Waals surface area contributed by atoms with Gasteiger partial charge in [-0.1, -0.05) is 12.1 Å².